The van der Waals surface area contributed by atoms with Crippen LogP contribution in [0, 0.1) is 0 Å². The minimum absolute atomic E-state index is 0.0405. The van der Waals surface area contributed by atoms with Crippen LogP contribution in [0.25, 0.3) is 5.76 Å². The summed E-state index contributed by atoms with van der Waals surface area (Å²) in [4.78, 5) is 43.1. The molecule has 2 heterocycles. The minimum atomic E-state index is -0.892. The van der Waals surface area contributed by atoms with Gasteiger partial charge in [-0.15, -0.1) is 0 Å². The Labute approximate surface area is 190 Å². The summed E-state index contributed by atoms with van der Waals surface area (Å²) in [6.45, 7) is 1.38. The van der Waals surface area contributed by atoms with Gasteiger partial charge < -0.3 is 15.2 Å². The number of methoxy groups -OCH3 is 1. The number of anilines is 2. The second-order valence-corrected chi connectivity index (χ2v) is 7.41. The van der Waals surface area contributed by atoms with Crippen molar-refractivity contribution in [2.24, 2.45) is 0 Å². The molecule has 33 heavy (non-hydrogen) atoms. The molecule has 0 radical (unpaired) electrons. The molecule has 8 heteroatoms. The van der Waals surface area contributed by atoms with Gasteiger partial charge in [-0.2, -0.15) is 0 Å². The Balaban J connectivity index is 1.90. The summed E-state index contributed by atoms with van der Waals surface area (Å²) in [5.41, 5.74) is 1.81. The Morgan fingerprint density at radius 3 is 2.39 bits per heavy atom. The van der Waals surface area contributed by atoms with E-state index in [1.165, 1.54) is 31.3 Å². The average Bonchev–Trinajstić information content (AvgIpc) is 3.09. The van der Waals surface area contributed by atoms with Crippen molar-refractivity contribution in [3.8, 4) is 5.75 Å². The van der Waals surface area contributed by atoms with Crippen molar-refractivity contribution in [3.05, 3.63) is 89.8 Å². The van der Waals surface area contributed by atoms with Gasteiger partial charge in [0, 0.05) is 36.3 Å². The van der Waals surface area contributed by atoms with E-state index in [0.29, 0.717) is 28.3 Å². The van der Waals surface area contributed by atoms with Gasteiger partial charge in [-0.25, -0.2) is 0 Å². The van der Waals surface area contributed by atoms with Gasteiger partial charge in [0.25, 0.3) is 11.7 Å². The molecule has 1 atom stereocenters. The Kier molecular flexibility index (Phi) is 5.91. The zero-order valence-corrected chi connectivity index (χ0v) is 18.0. The van der Waals surface area contributed by atoms with Crippen molar-refractivity contribution in [1.29, 1.82) is 0 Å². The number of ketones is 1. The number of hydrogen-bond donors (Lipinski definition) is 2. The summed E-state index contributed by atoms with van der Waals surface area (Å²) in [5.74, 6) is -1.55. The van der Waals surface area contributed by atoms with E-state index in [2.05, 4.69) is 10.3 Å². The van der Waals surface area contributed by atoms with Crippen LogP contribution in [0.15, 0.2) is 78.6 Å². The summed E-state index contributed by atoms with van der Waals surface area (Å²) in [5, 5.41) is 13.7. The molecule has 0 aliphatic carbocycles. The van der Waals surface area contributed by atoms with Crippen molar-refractivity contribution in [2.45, 2.75) is 13.0 Å². The zero-order chi connectivity index (χ0) is 23.5. The quantitative estimate of drug-likeness (QED) is 0.354. The summed E-state index contributed by atoms with van der Waals surface area (Å²) in [6.07, 6.45) is 2.98. The van der Waals surface area contributed by atoms with E-state index in [1.807, 2.05) is 0 Å². The van der Waals surface area contributed by atoms with Crippen LogP contribution in [0.5, 0.6) is 5.75 Å². The third-order valence-electron chi connectivity index (χ3n) is 5.27. The molecule has 166 valence electrons. The molecule has 0 bridgehead atoms. The molecule has 3 aromatic rings. The maximum atomic E-state index is 13.2. The first-order valence-corrected chi connectivity index (χ1v) is 10.1. The van der Waals surface area contributed by atoms with E-state index in [9.17, 15) is 19.5 Å². The zero-order valence-electron chi connectivity index (χ0n) is 18.0. The van der Waals surface area contributed by atoms with Crippen LogP contribution in [-0.4, -0.2) is 34.8 Å². The maximum Gasteiger partial charge on any atom is 0.300 e. The number of pyridine rings is 1. The molecule has 2 aromatic carbocycles. The van der Waals surface area contributed by atoms with Crippen LogP contribution >= 0.6 is 0 Å². The number of carbonyl (C=O) groups excluding carboxylic acids is 3. The first-order chi connectivity index (χ1) is 15.9. The van der Waals surface area contributed by atoms with Gasteiger partial charge in [-0.05, 0) is 48.0 Å². The van der Waals surface area contributed by atoms with Crippen LogP contribution in [0.1, 0.15) is 24.1 Å². The van der Waals surface area contributed by atoms with E-state index in [1.54, 1.807) is 60.7 Å². The highest BCUT2D eigenvalue weighted by molar-refractivity contribution is 6.51. The Bertz CT molecular complexity index is 1250. The van der Waals surface area contributed by atoms with Gasteiger partial charge in [0.05, 0.1) is 18.7 Å². The average molecular weight is 443 g/mol. The van der Waals surface area contributed by atoms with Gasteiger partial charge >= 0.3 is 0 Å². The molecule has 2 amide bonds. The van der Waals surface area contributed by atoms with Crippen LogP contribution in [-0.2, 0) is 14.4 Å². The largest absolute Gasteiger partial charge is 0.507 e. The molecule has 4 rings (SSSR count). The summed E-state index contributed by atoms with van der Waals surface area (Å²) >= 11 is 0. The highest BCUT2D eigenvalue weighted by Gasteiger charge is 2.47. The Morgan fingerprint density at radius 2 is 1.76 bits per heavy atom. The molecular weight excluding hydrogens is 422 g/mol. The number of benzene rings is 2. The lowest BCUT2D eigenvalue weighted by molar-refractivity contribution is -0.132. The lowest BCUT2D eigenvalue weighted by Gasteiger charge is -2.26. The molecule has 2 N–H and O–H groups in total. The number of carbonyl (C=O) groups is 3. The lowest BCUT2D eigenvalue weighted by atomic mass is 9.95. The normalized spacial score (nSPS) is 17.2. The highest BCUT2D eigenvalue weighted by atomic mass is 16.5. The number of rotatable bonds is 5. The number of amides is 2. The molecule has 1 fully saturated rings. The third kappa shape index (κ3) is 4.18. The second-order valence-electron chi connectivity index (χ2n) is 7.41. The van der Waals surface area contributed by atoms with Gasteiger partial charge in [0.2, 0.25) is 5.91 Å². The van der Waals surface area contributed by atoms with Gasteiger partial charge in [-0.3, -0.25) is 24.3 Å². The standard InChI is InChI=1S/C25H21N3O5/c1-15(29)27-18-4-3-5-19(14-18)28-22(16-6-8-20(33-2)9-7-16)21(24(31)25(28)32)23(30)17-10-12-26-13-11-17/h3-14,22,30H,1-2H3,(H,27,29)/b23-21+. The minimum Gasteiger partial charge on any atom is -0.507 e. The first-order valence-electron chi connectivity index (χ1n) is 10.1. The van der Waals surface area contributed by atoms with E-state index in [-0.39, 0.29) is 17.2 Å². The van der Waals surface area contributed by atoms with Crippen LogP contribution in [0.3, 0.4) is 0 Å². The predicted molar refractivity (Wildman–Crippen MR) is 123 cm³/mol. The highest BCUT2D eigenvalue weighted by Crippen LogP contribution is 2.42. The third-order valence-corrected chi connectivity index (χ3v) is 5.27. The molecule has 1 unspecified atom stereocenters. The fourth-order valence-corrected chi connectivity index (χ4v) is 3.80. The van der Waals surface area contributed by atoms with Gasteiger partial charge in [0.1, 0.15) is 11.5 Å². The molecule has 1 aromatic heterocycles. The molecule has 0 spiro atoms. The molecule has 1 aliphatic rings. The number of aliphatic hydroxyl groups is 1. The summed E-state index contributed by atoms with van der Waals surface area (Å²) < 4.78 is 5.23. The number of nitrogens with one attached hydrogen (secondary N) is 1. The van der Waals surface area contributed by atoms with Crippen molar-refractivity contribution >= 4 is 34.7 Å². The monoisotopic (exact) mass is 443 g/mol. The number of nitrogens with zero attached hydrogens (tertiary/aromatic N) is 2. The fourth-order valence-electron chi connectivity index (χ4n) is 3.80. The number of aromatic nitrogens is 1. The second kappa shape index (κ2) is 8.96. The number of ether oxygens (including phenoxy) is 1. The first kappa shape index (κ1) is 21.8. The molecule has 1 aliphatic heterocycles. The van der Waals surface area contributed by atoms with Crippen molar-refractivity contribution in [1.82, 2.24) is 4.98 Å². The van der Waals surface area contributed by atoms with Gasteiger partial charge in [-0.1, -0.05) is 18.2 Å². The van der Waals surface area contributed by atoms with Gasteiger partial charge in [0.15, 0.2) is 0 Å². The Hall–Kier alpha value is -4.46. The molecular formula is C25H21N3O5. The van der Waals surface area contributed by atoms with E-state index in [4.69, 9.17) is 4.74 Å². The fraction of sp³-hybridized carbons (Fsp3) is 0.120. The molecule has 8 nitrogen and oxygen atoms in total. The van der Waals surface area contributed by atoms with Crippen LogP contribution < -0.4 is 15.0 Å². The van der Waals surface area contributed by atoms with Crippen LogP contribution in [0.4, 0.5) is 11.4 Å². The van der Waals surface area contributed by atoms with E-state index < -0.39 is 17.7 Å². The number of Topliss-reactive ketones (excluding diaryl/α,β-unsaturated/α-hetero) is 1. The SMILES string of the molecule is COc1ccc(C2/C(=C(\O)c3ccncc3)C(=O)C(=O)N2c2cccc(NC(C)=O)c2)cc1. The summed E-state index contributed by atoms with van der Waals surface area (Å²) in [6, 6.07) is 15.8. The predicted octanol–water partition coefficient (Wildman–Crippen LogP) is 3.67. The van der Waals surface area contributed by atoms with E-state index in [0.717, 1.165) is 0 Å². The van der Waals surface area contributed by atoms with Crippen molar-refractivity contribution < 1.29 is 24.2 Å². The van der Waals surface area contributed by atoms with Crippen LogP contribution in [0.2, 0.25) is 0 Å². The van der Waals surface area contributed by atoms with Crippen molar-refractivity contribution in [2.75, 3.05) is 17.3 Å². The molecule has 0 saturated carbocycles. The smallest absolute Gasteiger partial charge is 0.300 e. The Morgan fingerprint density at radius 1 is 1.06 bits per heavy atom. The van der Waals surface area contributed by atoms with E-state index >= 15 is 0 Å². The maximum absolute atomic E-state index is 13.2. The topological polar surface area (TPSA) is 109 Å². The lowest BCUT2D eigenvalue weighted by Crippen LogP contribution is -2.29. The number of aliphatic hydroxyl groups excluding tert-OH is 1. The summed E-state index contributed by atoms with van der Waals surface area (Å²) in [7, 11) is 1.54. The molecule has 1 saturated heterocycles. The van der Waals surface area contributed by atoms with Crippen molar-refractivity contribution in [3.63, 3.8) is 0 Å². The number of hydrogen-bond acceptors (Lipinski definition) is 6.